The number of nitrogens with two attached hydrogens (primary N) is 1. The molecule has 0 unspecified atom stereocenters. The van der Waals surface area contributed by atoms with Gasteiger partial charge in [-0.1, -0.05) is 11.6 Å². The topological polar surface area (TPSA) is 66.0 Å². The van der Waals surface area contributed by atoms with Crippen LogP contribution in [0, 0.1) is 0 Å². The zero-order chi connectivity index (χ0) is 12.1. The molecule has 1 aromatic rings. The van der Waals surface area contributed by atoms with Gasteiger partial charge >= 0.3 is 0 Å². The van der Waals surface area contributed by atoms with Gasteiger partial charge in [0.25, 0.3) is 0 Å². The highest BCUT2D eigenvalue weighted by Gasteiger charge is 2.26. The molecule has 1 aliphatic carbocycles. The lowest BCUT2D eigenvalue weighted by Gasteiger charge is -2.26. The lowest BCUT2D eigenvalue weighted by molar-refractivity contribution is 0.140. The molecule has 1 fully saturated rings. The molecule has 0 spiro atoms. The minimum absolute atomic E-state index is 0.497. The van der Waals surface area contributed by atoms with Gasteiger partial charge in [0.15, 0.2) is 0 Å². The third-order valence-corrected chi connectivity index (χ3v) is 3.40. The third-order valence-electron chi connectivity index (χ3n) is 3.40. The Kier molecular flexibility index (Phi) is 4.50. The van der Waals surface area contributed by atoms with Crippen molar-refractivity contribution in [1.82, 2.24) is 15.0 Å². The number of ether oxygens (including phenoxy) is 1. The van der Waals surface area contributed by atoms with Crippen molar-refractivity contribution in [3.8, 4) is 0 Å². The molecular weight excluding hydrogens is 216 g/mol. The summed E-state index contributed by atoms with van der Waals surface area (Å²) >= 11 is 0. The quantitative estimate of drug-likeness (QED) is 0.730. The van der Waals surface area contributed by atoms with Crippen LogP contribution in [0.15, 0.2) is 0 Å². The van der Waals surface area contributed by atoms with E-state index in [1.54, 1.807) is 0 Å². The Morgan fingerprint density at radius 3 is 2.88 bits per heavy atom. The van der Waals surface area contributed by atoms with Crippen LogP contribution in [0.1, 0.15) is 49.9 Å². The lowest BCUT2D eigenvalue weighted by atomic mass is 9.82. The van der Waals surface area contributed by atoms with Gasteiger partial charge in [0.1, 0.15) is 0 Å². The number of aromatic nitrogens is 3. The van der Waals surface area contributed by atoms with Crippen molar-refractivity contribution < 1.29 is 4.74 Å². The molecule has 0 radical (unpaired) electrons. The van der Waals surface area contributed by atoms with Gasteiger partial charge in [0.05, 0.1) is 11.4 Å². The van der Waals surface area contributed by atoms with Crippen LogP contribution in [-0.2, 0) is 17.8 Å². The molecule has 96 valence electrons. The molecule has 0 saturated heterocycles. The zero-order valence-corrected chi connectivity index (χ0v) is 10.6. The average molecular weight is 238 g/mol. The Morgan fingerprint density at radius 1 is 1.47 bits per heavy atom. The van der Waals surface area contributed by atoms with Gasteiger partial charge in [-0.15, -0.1) is 5.10 Å². The molecule has 2 rings (SSSR count). The van der Waals surface area contributed by atoms with E-state index in [-0.39, 0.29) is 0 Å². The summed E-state index contributed by atoms with van der Waals surface area (Å²) in [5.41, 5.74) is 7.97. The van der Waals surface area contributed by atoms with Crippen LogP contribution in [0.3, 0.4) is 0 Å². The van der Waals surface area contributed by atoms with Gasteiger partial charge in [-0.2, -0.15) is 0 Å². The maximum Gasteiger partial charge on any atom is 0.0997 e. The molecule has 0 bridgehead atoms. The van der Waals surface area contributed by atoms with E-state index in [4.69, 9.17) is 10.5 Å². The molecule has 5 nitrogen and oxygen atoms in total. The first-order chi connectivity index (χ1) is 8.36. The summed E-state index contributed by atoms with van der Waals surface area (Å²) in [6.45, 7) is 4.97. The van der Waals surface area contributed by atoms with E-state index in [1.165, 1.54) is 25.0 Å². The average Bonchev–Trinajstić information content (AvgIpc) is 2.66. The molecule has 0 amide bonds. The molecule has 0 aliphatic heterocycles. The molecular formula is C12H22N4O. The number of hydrogen-bond acceptors (Lipinski definition) is 4. The van der Waals surface area contributed by atoms with Crippen molar-refractivity contribution in [3.05, 3.63) is 11.4 Å². The van der Waals surface area contributed by atoms with Crippen LogP contribution >= 0.6 is 0 Å². The fourth-order valence-electron chi connectivity index (χ4n) is 2.26. The van der Waals surface area contributed by atoms with Crippen molar-refractivity contribution in [1.29, 1.82) is 0 Å². The van der Waals surface area contributed by atoms with E-state index < -0.39 is 0 Å². The first-order valence-corrected chi connectivity index (χ1v) is 6.56. The molecule has 17 heavy (non-hydrogen) atoms. The highest BCUT2D eigenvalue weighted by molar-refractivity contribution is 5.17. The Bertz CT molecular complexity index is 346. The van der Waals surface area contributed by atoms with Crippen LogP contribution in [0.4, 0.5) is 0 Å². The highest BCUT2D eigenvalue weighted by Crippen LogP contribution is 2.37. The first kappa shape index (κ1) is 12.5. The molecule has 2 N–H and O–H groups in total. The minimum atomic E-state index is 0.497. The summed E-state index contributed by atoms with van der Waals surface area (Å²) in [6.07, 6.45) is 4.82. The highest BCUT2D eigenvalue weighted by atomic mass is 16.5. The summed E-state index contributed by atoms with van der Waals surface area (Å²) in [5.74, 6) is 0.635. The van der Waals surface area contributed by atoms with Gasteiger partial charge in [0.2, 0.25) is 0 Å². The van der Waals surface area contributed by atoms with Crippen molar-refractivity contribution >= 4 is 0 Å². The maximum absolute atomic E-state index is 5.72. The minimum Gasteiger partial charge on any atom is -0.382 e. The Morgan fingerprint density at radius 2 is 2.29 bits per heavy atom. The summed E-state index contributed by atoms with van der Waals surface area (Å²) in [4.78, 5) is 0. The number of aryl methyl sites for hydroxylation is 1. The van der Waals surface area contributed by atoms with Crippen LogP contribution < -0.4 is 5.73 Å². The Balaban J connectivity index is 1.97. The fourth-order valence-corrected chi connectivity index (χ4v) is 2.26. The summed E-state index contributed by atoms with van der Waals surface area (Å²) in [5, 5.41) is 8.40. The first-order valence-electron chi connectivity index (χ1n) is 6.56. The normalized spacial score (nSPS) is 16.1. The van der Waals surface area contributed by atoms with Crippen molar-refractivity contribution in [2.45, 2.75) is 51.6 Å². The van der Waals surface area contributed by atoms with Crippen LogP contribution in [-0.4, -0.2) is 28.2 Å². The smallest absolute Gasteiger partial charge is 0.0997 e. The second-order valence-corrected chi connectivity index (χ2v) is 4.53. The second-order valence-electron chi connectivity index (χ2n) is 4.53. The van der Waals surface area contributed by atoms with Crippen molar-refractivity contribution in [3.63, 3.8) is 0 Å². The van der Waals surface area contributed by atoms with E-state index >= 15 is 0 Å². The predicted octanol–water partition coefficient (Wildman–Crippen LogP) is 1.43. The van der Waals surface area contributed by atoms with Gasteiger partial charge in [-0.3, -0.25) is 0 Å². The van der Waals surface area contributed by atoms with E-state index in [1.807, 2.05) is 11.6 Å². The SMILES string of the molecule is CCOCCCn1nnc(CN)c1C1CCC1. The number of nitrogens with zero attached hydrogens (tertiary/aromatic N) is 3. The molecule has 0 atom stereocenters. The summed E-state index contributed by atoms with van der Waals surface area (Å²) < 4.78 is 7.38. The number of rotatable bonds is 7. The molecule has 1 aliphatic rings. The standard InChI is InChI=1S/C12H22N4O/c1-2-17-8-4-7-16-12(10-5-3-6-10)11(9-13)14-15-16/h10H,2-9,13H2,1H3. The number of hydrogen-bond donors (Lipinski definition) is 1. The zero-order valence-electron chi connectivity index (χ0n) is 10.6. The van der Waals surface area contributed by atoms with Gasteiger partial charge in [-0.05, 0) is 26.2 Å². The van der Waals surface area contributed by atoms with Crippen molar-refractivity contribution in [2.24, 2.45) is 5.73 Å². The molecule has 5 heteroatoms. The third kappa shape index (κ3) is 2.84. The Hall–Kier alpha value is -0.940. The predicted molar refractivity (Wildman–Crippen MR) is 65.6 cm³/mol. The summed E-state index contributed by atoms with van der Waals surface area (Å²) in [7, 11) is 0. The maximum atomic E-state index is 5.72. The van der Waals surface area contributed by atoms with Gasteiger partial charge < -0.3 is 10.5 Å². The second kappa shape index (κ2) is 6.12. The fraction of sp³-hybridized carbons (Fsp3) is 0.833. The molecule has 1 aromatic heterocycles. The van der Waals surface area contributed by atoms with Crippen LogP contribution in [0.5, 0.6) is 0 Å². The van der Waals surface area contributed by atoms with Gasteiger partial charge in [-0.25, -0.2) is 4.68 Å². The van der Waals surface area contributed by atoms with E-state index in [9.17, 15) is 0 Å². The largest absolute Gasteiger partial charge is 0.382 e. The lowest BCUT2D eigenvalue weighted by Crippen LogP contribution is -2.18. The van der Waals surface area contributed by atoms with E-state index in [0.29, 0.717) is 12.5 Å². The molecule has 0 aromatic carbocycles. The van der Waals surface area contributed by atoms with Crippen LogP contribution in [0.25, 0.3) is 0 Å². The molecule has 1 saturated carbocycles. The van der Waals surface area contributed by atoms with E-state index in [0.717, 1.165) is 31.9 Å². The van der Waals surface area contributed by atoms with Gasteiger partial charge in [0, 0.05) is 32.2 Å². The Labute approximate surface area is 102 Å². The van der Waals surface area contributed by atoms with Crippen molar-refractivity contribution in [2.75, 3.05) is 13.2 Å². The van der Waals surface area contributed by atoms with Crippen LogP contribution in [0.2, 0.25) is 0 Å². The monoisotopic (exact) mass is 238 g/mol. The van der Waals surface area contributed by atoms with E-state index in [2.05, 4.69) is 10.3 Å². The summed E-state index contributed by atoms with van der Waals surface area (Å²) in [6, 6.07) is 0. The molecule has 1 heterocycles.